The lowest BCUT2D eigenvalue weighted by Gasteiger charge is -2.18. The number of halogens is 3. The van der Waals surface area contributed by atoms with Crippen LogP contribution in [0.1, 0.15) is 36.8 Å². The quantitative estimate of drug-likeness (QED) is 0.852. The second kappa shape index (κ2) is 4.69. The van der Waals surface area contributed by atoms with Gasteiger partial charge in [0.1, 0.15) is 0 Å². The summed E-state index contributed by atoms with van der Waals surface area (Å²) in [6, 6.07) is 6.35. The standard InChI is InChI=1S/C13H16F3N/c1-9(8-17-10-6-7-10)11-4-2-3-5-12(11)13(14,15)16/h2-5,9-10,17H,6-8H2,1H3. The summed E-state index contributed by atoms with van der Waals surface area (Å²) in [6.07, 6.45) is -1.97. The van der Waals surface area contributed by atoms with Crippen molar-refractivity contribution in [1.82, 2.24) is 5.32 Å². The van der Waals surface area contributed by atoms with Gasteiger partial charge in [0.25, 0.3) is 0 Å². The predicted octanol–water partition coefficient (Wildman–Crippen LogP) is 3.56. The molecular formula is C13H16F3N. The Balaban J connectivity index is 2.12. The number of rotatable bonds is 4. The molecule has 0 radical (unpaired) electrons. The van der Waals surface area contributed by atoms with Gasteiger partial charge in [-0.3, -0.25) is 0 Å². The molecule has 0 bridgehead atoms. The lowest BCUT2D eigenvalue weighted by atomic mass is 9.95. The predicted molar refractivity (Wildman–Crippen MR) is 60.9 cm³/mol. The fourth-order valence-electron chi connectivity index (χ4n) is 1.93. The summed E-state index contributed by atoms with van der Waals surface area (Å²) in [6.45, 7) is 2.44. The van der Waals surface area contributed by atoms with Gasteiger partial charge < -0.3 is 5.32 Å². The minimum atomic E-state index is -4.26. The van der Waals surface area contributed by atoms with Gasteiger partial charge in [0.15, 0.2) is 0 Å². The highest BCUT2D eigenvalue weighted by Gasteiger charge is 2.34. The van der Waals surface area contributed by atoms with Crippen molar-refractivity contribution < 1.29 is 13.2 Å². The summed E-state index contributed by atoms with van der Waals surface area (Å²) in [7, 11) is 0. The highest BCUT2D eigenvalue weighted by atomic mass is 19.4. The molecule has 17 heavy (non-hydrogen) atoms. The Hall–Kier alpha value is -1.03. The zero-order valence-corrected chi connectivity index (χ0v) is 9.72. The van der Waals surface area contributed by atoms with Crippen LogP contribution in [0.5, 0.6) is 0 Å². The molecule has 1 unspecified atom stereocenters. The largest absolute Gasteiger partial charge is 0.416 e. The lowest BCUT2D eigenvalue weighted by Crippen LogP contribution is -2.23. The van der Waals surface area contributed by atoms with Gasteiger partial charge in [-0.25, -0.2) is 0 Å². The monoisotopic (exact) mass is 243 g/mol. The Labute approximate surface area is 99.0 Å². The molecule has 0 spiro atoms. The van der Waals surface area contributed by atoms with Crippen LogP contribution in [0.4, 0.5) is 13.2 Å². The molecule has 1 aliphatic carbocycles. The summed E-state index contributed by atoms with van der Waals surface area (Å²) in [4.78, 5) is 0. The third kappa shape index (κ3) is 3.22. The van der Waals surface area contributed by atoms with Crippen molar-refractivity contribution in [3.8, 4) is 0 Å². The van der Waals surface area contributed by atoms with Crippen molar-refractivity contribution >= 4 is 0 Å². The first-order valence-corrected chi connectivity index (χ1v) is 5.88. The smallest absolute Gasteiger partial charge is 0.313 e. The zero-order chi connectivity index (χ0) is 12.5. The molecule has 0 heterocycles. The average Bonchev–Trinajstić information content (AvgIpc) is 3.08. The summed E-state index contributed by atoms with van der Waals surface area (Å²) < 4.78 is 38.4. The molecular weight excluding hydrogens is 227 g/mol. The first-order valence-electron chi connectivity index (χ1n) is 5.88. The highest BCUT2D eigenvalue weighted by Crippen LogP contribution is 2.35. The van der Waals surface area contributed by atoms with Crippen molar-refractivity contribution in [3.05, 3.63) is 35.4 Å². The first kappa shape index (κ1) is 12.4. The molecule has 1 nitrogen and oxygen atoms in total. The number of hydrogen-bond donors (Lipinski definition) is 1. The molecule has 0 aromatic heterocycles. The zero-order valence-electron chi connectivity index (χ0n) is 9.72. The molecule has 1 atom stereocenters. The molecule has 1 aliphatic rings. The number of benzene rings is 1. The molecule has 4 heteroatoms. The third-order valence-corrected chi connectivity index (χ3v) is 3.09. The van der Waals surface area contributed by atoms with E-state index in [-0.39, 0.29) is 5.92 Å². The number of nitrogens with one attached hydrogen (secondary N) is 1. The SMILES string of the molecule is CC(CNC1CC1)c1ccccc1C(F)(F)F. The van der Waals surface area contributed by atoms with E-state index < -0.39 is 11.7 Å². The minimum absolute atomic E-state index is 0.117. The Morgan fingerprint density at radius 2 is 1.94 bits per heavy atom. The van der Waals surface area contributed by atoms with Gasteiger partial charge in [-0.2, -0.15) is 13.2 Å². The molecule has 1 aromatic rings. The normalized spacial score (nSPS) is 18.1. The maximum atomic E-state index is 12.8. The Morgan fingerprint density at radius 1 is 1.29 bits per heavy atom. The second-order valence-electron chi connectivity index (χ2n) is 4.67. The van der Waals surface area contributed by atoms with Gasteiger partial charge in [0.2, 0.25) is 0 Å². The number of alkyl halides is 3. The van der Waals surface area contributed by atoms with E-state index in [9.17, 15) is 13.2 Å². The van der Waals surface area contributed by atoms with Gasteiger partial charge in [-0.1, -0.05) is 25.1 Å². The van der Waals surface area contributed by atoms with Crippen molar-refractivity contribution in [1.29, 1.82) is 0 Å². The molecule has 1 aromatic carbocycles. The van der Waals surface area contributed by atoms with Crippen molar-refractivity contribution in [3.63, 3.8) is 0 Å². The fraction of sp³-hybridized carbons (Fsp3) is 0.538. The van der Waals surface area contributed by atoms with E-state index in [0.29, 0.717) is 18.2 Å². The van der Waals surface area contributed by atoms with E-state index in [4.69, 9.17) is 0 Å². The van der Waals surface area contributed by atoms with E-state index in [0.717, 1.165) is 18.9 Å². The van der Waals surface area contributed by atoms with Crippen molar-refractivity contribution in [2.45, 2.75) is 37.9 Å². The molecule has 2 rings (SSSR count). The van der Waals surface area contributed by atoms with E-state index in [2.05, 4.69) is 5.32 Å². The summed E-state index contributed by atoms with van der Waals surface area (Å²) >= 11 is 0. The average molecular weight is 243 g/mol. The summed E-state index contributed by atoms with van der Waals surface area (Å²) in [5.41, 5.74) is -0.127. The van der Waals surface area contributed by atoms with Gasteiger partial charge in [-0.15, -0.1) is 0 Å². The summed E-state index contributed by atoms with van der Waals surface area (Å²) in [5.74, 6) is -0.117. The first-order chi connectivity index (χ1) is 7.98. The molecule has 1 saturated carbocycles. The topological polar surface area (TPSA) is 12.0 Å². The van der Waals surface area contributed by atoms with Crippen molar-refractivity contribution in [2.75, 3.05) is 6.54 Å². The maximum absolute atomic E-state index is 12.8. The molecule has 0 aliphatic heterocycles. The van der Waals surface area contributed by atoms with Crippen molar-refractivity contribution in [2.24, 2.45) is 0 Å². The van der Waals surface area contributed by atoms with Gasteiger partial charge in [0.05, 0.1) is 5.56 Å². The molecule has 94 valence electrons. The molecule has 1 N–H and O–H groups in total. The van der Waals surface area contributed by atoms with E-state index in [1.165, 1.54) is 6.07 Å². The highest BCUT2D eigenvalue weighted by molar-refractivity contribution is 5.32. The number of hydrogen-bond acceptors (Lipinski definition) is 1. The van der Waals surface area contributed by atoms with Crippen LogP contribution in [0.15, 0.2) is 24.3 Å². The van der Waals surface area contributed by atoms with E-state index in [1.807, 2.05) is 6.92 Å². The van der Waals surface area contributed by atoms with Crippen LogP contribution >= 0.6 is 0 Å². The van der Waals surface area contributed by atoms with Crippen LogP contribution in [-0.2, 0) is 6.18 Å². The van der Waals surface area contributed by atoms with Crippen LogP contribution in [0, 0.1) is 0 Å². The van der Waals surface area contributed by atoms with Crippen LogP contribution < -0.4 is 5.32 Å². The fourth-order valence-corrected chi connectivity index (χ4v) is 1.93. The Kier molecular flexibility index (Phi) is 3.43. The Morgan fingerprint density at radius 3 is 2.53 bits per heavy atom. The Bertz CT molecular complexity index is 382. The summed E-state index contributed by atoms with van der Waals surface area (Å²) in [5, 5.41) is 3.27. The second-order valence-corrected chi connectivity index (χ2v) is 4.67. The van der Waals surface area contributed by atoms with Crippen LogP contribution in [0.25, 0.3) is 0 Å². The van der Waals surface area contributed by atoms with Crippen LogP contribution in [0.2, 0.25) is 0 Å². The molecule has 0 amide bonds. The molecule has 0 saturated heterocycles. The van der Waals surface area contributed by atoms with Gasteiger partial charge >= 0.3 is 6.18 Å². The maximum Gasteiger partial charge on any atom is 0.416 e. The van der Waals surface area contributed by atoms with Gasteiger partial charge in [-0.05, 0) is 30.4 Å². The molecule has 1 fully saturated rings. The van der Waals surface area contributed by atoms with Crippen LogP contribution in [-0.4, -0.2) is 12.6 Å². The van der Waals surface area contributed by atoms with E-state index >= 15 is 0 Å². The van der Waals surface area contributed by atoms with Crippen LogP contribution in [0.3, 0.4) is 0 Å². The van der Waals surface area contributed by atoms with Gasteiger partial charge in [0, 0.05) is 12.6 Å². The third-order valence-electron chi connectivity index (χ3n) is 3.09. The minimum Gasteiger partial charge on any atom is -0.313 e. The van der Waals surface area contributed by atoms with E-state index in [1.54, 1.807) is 12.1 Å². The lowest BCUT2D eigenvalue weighted by molar-refractivity contribution is -0.138.